The van der Waals surface area contributed by atoms with Crippen LogP contribution in [0, 0.1) is 5.92 Å². The molecule has 5 rings (SSSR count). The van der Waals surface area contributed by atoms with Gasteiger partial charge in [0.05, 0.1) is 26.9 Å². The molecular weight excluding hydrogens is 494 g/mol. The van der Waals surface area contributed by atoms with Gasteiger partial charge in [-0.1, -0.05) is 18.5 Å². The lowest BCUT2D eigenvalue weighted by Gasteiger charge is -2.38. The number of hydrogen-bond donors (Lipinski definition) is 0. The highest BCUT2D eigenvalue weighted by Crippen LogP contribution is 2.57. The van der Waals surface area contributed by atoms with Gasteiger partial charge in [-0.25, -0.2) is 9.78 Å². The number of fused-ring (bicyclic) bond motifs is 3. The standard InChI is InChI=1S/C25H20ClNO7S/c1-11-7-15(28)18-13(12-5-6-35-10-12)8-14(24(30)33-4)27-22(18)25(11)23(29)19-16(31-2)9-17(32-3)20(26)21(19)34-25/h5-6,8-11H,7H2,1-4H3/t11-,25+/m1/s1. The maximum atomic E-state index is 14.2. The fourth-order valence-corrected chi connectivity index (χ4v) is 5.71. The van der Waals surface area contributed by atoms with Gasteiger partial charge in [0.2, 0.25) is 11.4 Å². The van der Waals surface area contributed by atoms with Crippen LogP contribution in [0.5, 0.6) is 17.2 Å². The molecule has 180 valence electrons. The molecule has 2 aromatic heterocycles. The summed E-state index contributed by atoms with van der Waals surface area (Å²) in [5.74, 6) is -1.41. The molecule has 0 N–H and O–H groups in total. The van der Waals surface area contributed by atoms with Crippen LogP contribution in [0.25, 0.3) is 11.1 Å². The Morgan fingerprint density at radius 2 is 1.91 bits per heavy atom. The Bertz CT molecular complexity index is 1400. The van der Waals surface area contributed by atoms with Crippen LogP contribution in [0.3, 0.4) is 0 Å². The summed E-state index contributed by atoms with van der Waals surface area (Å²) in [5.41, 5.74) is -0.123. The van der Waals surface area contributed by atoms with E-state index in [0.29, 0.717) is 5.56 Å². The molecule has 1 spiro atoms. The molecule has 0 saturated carbocycles. The second-order valence-corrected chi connectivity index (χ2v) is 9.43. The summed E-state index contributed by atoms with van der Waals surface area (Å²) in [7, 11) is 4.10. The van der Waals surface area contributed by atoms with E-state index in [0.717, 1.165) is 5.56 Å². The number of carbonyl (C=O) groups excluding carboxylic acids is 3. The first-order chi connectivity index (χ1) is 16.8. The number of hydrogen-bond acceptors (Lipinski definition) is 9. The molecule has 1 aromatic carbocycles. The van der Waals surface area contributed by atoms with E-state index in [9.17, 15) is 14.4 Å². The van der Waals surface area contributed by atoms with Crippen molar-refractivity contribution in [3.8, 4) is 28.4 Å². The van der Waals surface area contributed by atoms with Gasteiger partial charge in [-0.3, -0.25) is 9.59 Å². The zero-order chi connectivity index (χ0) is 25.1. The smallest absolute Gasteiger partial charge is 0.356 e. The van der Waals surface area contributed by atoms with Gasteiger partial charge in [0.25, 0.3) is 0 Å². The number of ketones is 2. The lowest BCUT2D eigenvalue weighted by atomic mass is 9.70. The van der Waals surface area contributed by atoms with Crippen molar-refractivity contribution in [2.45, 2.75) is 18.9 Å². The largest absolute Gasteiger partial charge is 0.496 e. The van der Waals surface area contributed by atoms with Crippen LogP contribution in [0.4, 0.5) is 0 Å². The predicted octanol–water partition coefficient (Wildman–Crippen LogP) is 4.96. The fourth-order valence-electron chi connectivity index (χ4n) is 4.79. The van der Waals surface area contributed by atoms with Crippen molar-refractivity contribution >= 4 is 40.5 Å². The molecule has 3 aromatic rings. The minimum absolute atomic E-state index is 0.0280. The number of ether oxygens (including phenoxy) is 4. The summed E-state index contributed by atoms with van der Waals surface area (Å²) < 4.78 is 22.1. The number of nitrogens with zero attached hydrogens (tertiary/aromatic N) is 1. The van der Waals surface area contributed by atoms with Crippen molar-refractivity contribution < 1.29 is 33.3 Å². The lowest BCUT2D eigenvalue weighted by molar-refractivity contribution is 0.0190. The molecule has 0 saturated heterocycles. The maximum absolute atomic E-state index is 14.2. The zero-order valence-electron chi connectivity index (χ0n) is 19.3. The highest BCUT2D eigenvalue weighted by molar-refractivity contribution is 7.08. The quantitative estimate of drug-likeness (QED) is 0.451. The number of thiophene rings is 1. The SMILES string of the molecule is COC(=O)c1cc(-c2ccsc2)c2c(n1)[C@@]1(Oc3c(Cl)c(OC)cc(OC)c3C1=O)[C@H](C)CC2=O. The average Bonchev–Trinajstić information content (AvgIpc) is 3.50. The Kier molecular flexibility index (Phi) is 5.56. The monoisotopic (exact) mass is 513 g/mol. The van der Waals surface area contributed by atoms with Crippen molar-refractivity contribution in [1.82, 2.24) is 4.98 Å². The molecule has 2 atom stereocenters. The van der Waals surface area contributed by atoms with Crippen LogP contribution in [0.2, 0.25) is 5.02 Å². The number of methoxy groups -OCH3 is 3. The topological polar surface area (TPSA) is 101 Å². The number of rotatable bonds is 4. The first kappa shape index (κ1) is 23.3. The van der Waals surface area contributed by atoms with Crippen LogP contribution < -0.4 is 14.2 Å². The molecule has 0 unspecified atom stereocenters. The van der Waals surface area contributed by atoms with Crippen LogP contribution in [-0.4, -0.2) is 43.8 Å². The molecule has 0 bridgehead atoms. The van der Waals surface area contributed by atoms with Crippen LogP contribution in [-0.2, 0) is 10.3 Å². The first-order valence-electron chi connectivity index (χ1n) is 10.7. The number of esters is 1. The van der Waals surface area contributed by atoms with Crippen molar-refractivity contribution in [2.24, 2.45) is 5.92 Å². The molecule has 8 nitrogen and oxygen atoms in total. The summed E-state index contributed by atoms with van der Waals surface area (Å²) in [4.78, 5) is 44.6. The van der Waals surface area contributed by atoms with Gasteiger partial charge >= 0.3 is 5.97 Å². The normalized spacial score (nSPS) is 20.3. The molecule has 3 heterocycles. The fraction of sp³-hybridized carbons (Fsp3) is 0.280. The van der Waals surface area contributed by atoms with Gasteiger partial charge in [0.15, 0.2) is 11.5 Å². The number of Topliss-reactive ketones (excluding diaryl/α,β-unsaturated/α-hetero) is 2. The molecule has 1 aliphatic carbocycles. The maximum Gasteiger partial charge on any atom is 0.356 e. The molecule has 2 aliphatic rings. The number of aromatic nitrogens is 1. The summed E-state index contributed by atoms with van der Waals surface area (Å²) in [6.45, 7) is 1.74. The summed E-state index contributed by atoms with van der Waals surface area (Å²) in [5, 5.41) is 3.81. The predicted molar refractivity (Wildman–Crippen MR) is 128 cm³/mol. The van der Waals surface area contributed by atoms with Gasteiger partial charge in [-0.05, 0) is 34.0 Å². The Labute approximate surface area is 209 Å². The highest BCUT2D eigenvalue weighted by Gasteiger charge is 2.60. The molecule has 0 radical (unpaired) electrons. The number of carbonyl (C=O) groups is 3. The molecule has 10 heteroatoms. The van der Waals surface area contributed by atoms with Crippen LogP contribution >= 0.6 is 22.9 Å². The van der Waals surface area contributed by atoms with Crippen molar-refractivity contribution in [2.75, 3.05) is 21.3 Å². The Balaban J connectivity index is 1.85. The third-order valence-electron chi connectivity index (χ3n) is 6.48. The molecule has 0 fully saturated rings. The highest BCUT2D eigenvalue weighted by atomic mass is 35.5. The minimum Gasteiger partial charge on any atom is -0.496 e. The number of halogens is 1. The second kappa shape index (κ2) is 8.35. The van der Waals surface area contributed by atoms with E-state index in [2.05, 4.69) is 4.98 Å². The van der Waals surface area contributed by atoms with Gasteiger partial charge in [0, 0.05) is 18.4 Å². The Morgan fingerprint density at radius 1 is 1.17 bits per heavy atom. The molecule has 0 amide bonds. The van der Waals surface area contributed by atoms with E-state index in [1.807, 2.05) is 16.8 Å². The summed E-state index contributed by atoms with van der Waals surface area (Å²) >= 11 is 7.99. The van der Waals surface area contributed by atoms with Crippen molar-refractivity contribution in [3.63, 3.8) is 0 Å². The second-order valence-electron chi connectivity index (χ2n) is 8.28. The van der Waals surface area contributed by atoms with Gasteiger partial charge in [-0.15, -0.1) is 0 Å². The molecule has 1 aliphatic heterocycles. The van der Waals surface area contributed by atoms with E-state index < -0.39 is 23.3 Å². The van der Waals surface area contributed by atoms with Gasteiger partial charge < -0.3 is 18.9 Å². The molecular formula is C25H20ClNO7S. The number of benzene rings is 1. The van der Waals surface area contributed by atoms with E-state index in [1.54, 1.807) is 6.92 Å². The van der Waals surface area contributed by atoms with Gasteiger partial charge in [0.1, 0.15) is 33.5 Å². The van der Waals surface area contributed by atoms with E-state index in [4.69, 9.17) is 30.5 Å². The molecule has 35 heavy (non-hydrogen) atoms. The van der Waals surface area contributed by atoms with E-state index in [-0.39, 0.29) is 57.0 Å². The lowest BCUT2D eigenvalue weighted by Crippen LogP contribution is -2.49. The zero-order valence-corrected chi connectivity index (χ0v) is 20.8. The van der Waals surface area contributed by atoms with Crippen LogP contribution in [0.1, 0.15) is 50.2 Å². The third-order valence-corrected chi connectivity index (χ3v) is 7.52. The van der Waals surface area contributed by atoms with E-state index >= 15 is 0 Å². The Morgan fingerprint density at radius 3 is 2.54 bits per heavy atom. The van der Waals surface area contributed by atoms with Crippen molar-refractivity contribution in [3.05, 3.63) is 56.5 Å². The van der Waals surface area contributed by atoms with Crippen molar-refractivity contribution in [1.29, 1.82) is 0 Å². The summed E-state index contributed by atoms with van der Waals surface area (Å²) in [6.07, 6.45) is 0.0280. The average molecular weight is 514 g/mol. The van der Waals surface area contributed by atoms with Crippen LogP contribution in [0.15, 0.2) is 29.0 Å². The third kappa shape index (κ3) is 3.18. The minimum atomic E-state index is -1.70. The van der Waals surface area contributed by atoms with E-state index in [1.165, 1.54) is 44.8 Å². The first-order valence-corrected chi connectivity index (χ1v) is 12.0. The Hall–Kier alpha value is -3.43. The van der Waals surface area contributed by atoms with Gasteiger partial charge in [-0.2, -0.15) is 11.3 Å². The summed E-state index contributed by atoms with van der Waals surface area (Å²) in [6, 6.07) is 4.85. The number of pyridine rings is 1.